The van der Waals surface area contributed by atoms with Crippen LogP contribution in [-0.2, 0) is 19.2 Å². The van der Waals surface area contributed by atoms with Crippen LogP contribution in [0.15, 0.2) is 57.6 Å². The zero-order valence-corrected chi connectivity index (χ0v) is 15.9. The van der Waals surface area contributed by atoms with E-state index in [2.05, 4.69) is 5.16 Å². The quantitative estimate of drug-likeness (QED) is 0.590. The molecule has 6 heteroatoms. The van der Waals surface area contributed by atoms with Crippen LogP contribution >= 0.6 is 0 Å². The maximum absolute atomic E-state index is 12.5. The Balaban J connectivity index is 2.35. The first-order valence-electron chi connectivity index (χ1n) is 8.18. The van der Waals surface area contributed by atoms with Gasteiger partial charge in [-0.25, -0.2) is 0 Å². The molecule has 0 amide bonds. The maximum atomic E-state index is 12.5. The minimum atomic E-state index is -4.00. The highest BCUT2D eigenvalue weighted by atomic mass is 32.2. The van der Waals surface area contributed by atoms with Crippen molar-refractivity contribution in [3.05, 3.63) is 53.1 Å². The summed E-state index contributed by atoms with van der Waals surface area (Å²) in [6.07, 6.45) is 3.17. The summed E-state index contributed by atoms with van der Waals surface area (Å²) >= 11 is 0. The number of ketones is 1. The van der Waals surface area contributed by atoms with Gasteiger partial charge < -0.3 is 0 Å². The molecule has 1 aliphatic rings. The number of hydrogen-bond acceptors (Lipinski definition) is 5. The van der Waals surface area contributed by atoms with Crippen LogP contribution in [0, 0.1) is 18.8 Å². The van der Waals surface area contributed by atoms with E-state index in [4.69, 9.17) is 4.28 Å². The largest absolute Gasteiger partial charge is 0.358 e. The molecule has 0 fully saturated rings. The van der Waals surface area contributed by atoms with Crippen LogP contribution in [0.4, 0.5) is 0 Å². The van der Waals surface area contributed by atoms with Gasteiger partial charge in [0.05, 0.1) is 0 Å². The van der Waals surface area contributed by atoms with Crippen molar-refractivity contribution in [2.75, 3.05) is 0 Å². The van der Waals surface area contributed by atoms with Crippen molar-refractivity contribution < 1.29 is 17.5 Å². The Morgan fingerprint density at radius 2 is 1.40 bits per heavy atom. The van der Waals surface area contributed by atoms with E-state index < -0.39 is 10.1 Å². The molecule has 0 saturated carbocycles. The first-order chi connectivity index (χ1) is 11.6. The van der Waals surface area contributed by atoms with Crippen LogP contribution in [0.3, 0.4) is 0 Å². The lowest BCUT2D eigenvalue weighted by Crippen LogP contribution is -2.21. The minimum absolute atomic E-state index is 0.00820. The van der Waals surface area contributed by atoms with E-state index in [9.17, 15) is 13.2 Å². The zero-order valence-electron chi connectivity index (χ0n) is 15.1. The van der Waals surface area contributed by atoms with Crippen molar-refractivity contribution in [2.24, 2.45) is 17.0 Å². The Morgan fingerprint density at radius 3 is 1.84 bits per heavy atom. The molecule has 0 saturated heterocycles. The molecule has 0 unspecified atom stereocenters. The van der Waals surface area contributed by atoms with Crippen molar-refractivity contribution in [1.82, 2.24) is 0 Å². The summed E-state index contributed by atoms with van der Waals surface area (Å²) in [6, 6.07) is 6.33. The Bertz CT molecular complexity index is 827. The minimum Gasteiger partial charge on any atom is -0.289 e. The highest BCUT2D eigenvalue weighted by Crippen LogP contribution is 2.25. The van der Waals surface area contributed by atoms with Crippen LogP contribution in [0.25, 0.3) is 0 Å². The molecule has 1 aromatic rings. The topological polar surface area (TPSA) is 72.8 Å². The third-order valence-electron chi connectivity index (χ3n) is 3.93. The lowest BCUT2D eigenvalue weighted by Gasteiger charge is -2.19. The fraction of sp³-hybridized carbons (Fsp3) is 0.368. The van der Waals surface area contributed by atoms with E-state index in [0.717, 1.165) is 5.56 Å². The molecule has 0 atom stereocenters. The Morgan fingerprint density at radius 1 is 0.920 bits per heavy atom. The number of oxime groups is 1. The number of carbonyl (C=O) groups excluding carboxylic acids is 1. The smallest absolute Gasteiger partial charge is 0.289 e. The molecule has 134 valence electrons. The van der Waals surface area contributed by atoms with E-state index in [1.165, 1.54) is 12.1 Å². The van der Waals surface area contributed by atoms with Crippen molar-refractivity contribution in [3.8, 4) is 0 Å². The van der Waals surface area contributed by atoms with E-state index in [1.54, 1.807) is 24.3 Å². The van der Waals surface area contributed by atoms with E-state index in [0.29, 0.717) is 16.9 Å². The predicted octanol–water partition coefficient (Wildman–Crippen LogP) is 3.80. The lowest BCUT2D eigenvalue weighted by molar-refractivity contribution is -0.113. The average molecular weight is 361 g/mol. The Hall–Kier alpha value is -2.21. The van der Waals surface area contributed by atoms with Gasteiger partial charge in [-0.15, -0.1) is 0 Å². The van der Waals surface area contributed by atoms with Gasteiger partial charge in [-0.05, 0) is 43.0 Å². The van der Waals surface area contributed by atoms with Gasteiger partial charge in [-0.3, -0.25) is 9.08 Å². The number of carbonyl (C=O) groups is 1. The highest BCUT2D eigenvalue weighted by molar-refractivity contribution is 7.86. The van der Waals surface area contributed by atoms with Crippen LogP contribution < -0.4 is 0 Å². The van der Waals surface area contributed by atoms with Gasteiger partial charge in [0.1, 0.15) is 10.6 Å². The Labute approximate surface area is 149 Å². The van der Waals surface area contributed by atoms with E-state index in [-0.39, 0.29) is 22.5 Å². The summed E-state index contributed by atoms with van der Waals surface area (Å²) < 4.78 is 29.3. The van der Waals surface area contributed by atoms with Crippen molar-refractivity contribution in [2.45, 2.75) is 39.5 Å². The molecule has 0 aromatic heterocycles. The SMILES string of the molecule is Cc1ccc(S(=O)(=O)ON=C2C=C(C(C)C)C(=O)C(C(C)C)=C2)cc1. The Kier molecular flexibility index (Phi) is 5.62. The molecule has 0 radical (unpaired) electrons. The normalized spacial score (nSPS) is 15.3. The summed E-state index contributed by atoms with van der Waals surface area (Å²) in [4.78, 5) is 12.5. The van der Waals surface area contributed by atoms with Crippen molar-refractivity contribution in [1.29, 1.82) is 0 Å². The van der Waals surface area contributed by atoms with Gasteiger partial charge in [0.15, 0.2) is 5.78 Å². The zero-order chi connectivity index (χ0) is 18.8. The molecule has 2 rings (SSSR count). The van der Waals surface area contributed by atoms with E-state index >= 15 is 0 Å². The van der Waals surface area contributed by atoms with Gasteiger partial charge in [-0.1, -0.05) is 50.5 Å². The van der Waals surface area contributed by atoms with Crippen LogP contribution in [0.5, 0.6) is 0 Å². The van der Waals surface area contributed by atoms with Gasteiger partial charge in [0.25, 0.3) is 0 Å². The molecule has 0 bridgehead atoms. The molecule has 25 heavy (non-hydrogen) atoms. The molecule has 5 nitrogen and oxygen atoms in total. The standard InChI is InChI=1S/C19H23NO4S/c1-12(2)17-10-15(11-18(13(3)4)19(17)21)20-24-25(22,23)16-8-6-14(5)7-9-16/h6-13H,1-5H3. The number of Topliss-reactive ketones (excluding diaryl/α,β-unsaturated/α-hetero) is 1. The third-order valence-corrected chi connectivity index (χ3v) is 5.05. The molecular weight excluding hydrogens is 338 g/mol. The lowest BCUT2D eigenvalue weighted by atomic mass is 9.84. The molecular formula is C19H23NO4S. The summed E-state index contributed by atoms with van der Waals surface area (Å²) in [6.45, 7) is 9.51. The van der Waals surface area contributed by atoms with Gasteiger partial charge in [0.2, 0.25) is 0 Å². The molecule has 0 heterocycles. The first-order valence-corrected chi connectivity index (χ1v) is 9.59. The van der Waals surface area contributed by atoms with E-state index in [1.807, 2.05) is 34.6 Å². The summed E-state index contributed by atoms with van der Waals surface area (Å²) in [5.41, 5.74) is 2.47. The summed E-state index contributed by atoms with van der Waals surface area (Å²) in [5.74, 6) is -0.00643. The van der Waals surface area contributed by atoms with Crippen LogP contribution in [0.1, 0.15) is 33.3 Å². The molecule has 0 spiro atoms. The summed E-state index contributed by atoms with van der Waals surface area (Å²) in [5, 5.41) is 3.78. The molecule has 0 N–H and O–H groups in total. The third kappa shape index (κ3) is 4.45. The van der Waals surface area contributed by atoms with Crippen LogP contribution in [-0.4, -0.2) is 19.9 Å². The van der Waals surface area contributed by atoms with Gasteiger partial charge in [0, 0.05) is 11.1 Å². The highest BCUT2D eigenvalue weighted by Gasteiger charge is 2.25. The maximum Gasteiger partial charge on any atom is 0.358 e. The van der Waals surface area contributed by atoms with Crippen LogP contribution in [0.2, 0.25) is 0 Å². The number of benzene rings is 1. The second kappa shape index (κ2) is 7.35. The molecule has 1 aliphatic carbocycles. The first kappa shape index (κ1) is 19.1. The number of rotatable bonds is 5. The second-order valence-corrected chi connectivity index (χ2v) is 8.22. The van der Waals surface area contributed by atoms with Gasteiger partial charge >= 0.3 is 10.1 Å². The number of aryl methyl sites for hydroxylation is 1. The number of hydrogen-bond donors (Lipinski definition) is 0. The predicted molar refractivity (Wildman–Crippen MR) is 97.7 cm³/mol. The van der Waals surface area contributed by atoms with Crippen molar-refractivity contribution >= 4 is 21.6 Å². The molecule has 1 aromatic carbocycles. The summed E-state index contributed by atoms with van der Waals surface area (Å²) in [7, 11) is -4.00. The second-order valence-electron chi connectivity index (χ2n) is 6.70. The number of allylic oxidation sites excluding steroid dienone is 4. The van der Waals surface area contributed by atoms with Crippen molar-refractivity contribution in [3.63, 3.8) is 0 Å². The average Bonchev–Trinajstić information content (AvgIpc) is 2.53. The fourth-order valence-electron chi connectivity index (χ4n) is 2.41. The number of nitrogens with zero attached hydrogens (tertiary/aromatic N) is 1. The fourth-order valence-corrected chi connectivity index (χ4v) is 3.15. The monoisotopic (exact) mass is 361 g/mol. The molecule has 0 aliphatic heterocycles. The van der Waals surface area contributed by atoms with Gasteiger partial charge in [-0.2, -0.15) is 8.42 Å².